The summed E-state index contributed by atoms with van der Waals surface area (Å²) in [6.45, 7) is 2.29. The van der Waals surface area contributed by atoms with E-state index in [1.165, 1.54) is 19.3 Å². The lowest BCUT2D eigenvalue weighted by molar-refractivity contribution is -0.126. The minimum absolute atomic E-state index is 0.000994. The van der Waals surface area contributed by atoms with Crippen LogP contribution in [-0.4, -0.2) is 12.7 Å². The summed E-state index contributed by atoms with van der Waals surface area (Å²) in [4.78, 5) is 12.2. The summed E-state index contributed by atoms with van der Waals surface area (Å²) in [5.41, 5.74) is 1.05. The smallest absolute Gasteiger partial charge is 0.231 e. The second kappa shape index (κ2) is 5.73. The number of hydrogen-bond donors (Lipinski definition) is 1. The SMILES string of the molecule is CC(NC(=O)C1CCCCC1)c1ccc2c(c1)OCO2. The number of nitrogens with one attached hydrogen (secondary N) is 1. The maximum atomic E-state index is 12.2. The first-order valence-corrected chi connectivity index (χ1v) is 7.44. The van der Waals surface area contributed by atoms with Gasteiger partial charge in [0.25, 0.3) is 0 Å². The Hall–Kier alpha value is -1.71. The third-order valence-electron chi connectivity index (χ3n) is 4.23. The highest BCUT2D eigenvalue weighted by atomic mass is 16.7. The minimum Gasteiger partial charge on any atom is -0.454 e. The highest BCUT2D eigenvalue weighted by Gasteiger charge is 2.23. The molecule has 1 amide bonds. The fourth-order valence-electron chi connectivity index (χ4n) is 2.96. The molecule has 3 rings (SSSR count). The quantitative estimate of drug-likeness (QED) is 0.921. The molecular formula is C16H21NO3. The van der Waals surface area contributed by atoms with Gasteiger partial charge in [-0.05, 0) is 37.5 Å². The van der Waals surface area contributed by atoms with Crippen molar-refractivity contribution < 1.29 is 14.3 Å². The molecule has 0 saturated heterocycles. The Kier molecular flexibility index (Phi) is 3.81. The highest BCUT2D eigenvalue weighted by Crippen LogP contribution is 2.34. The van der Waals surface area contributed by atoms with Crippen LogP contribution in [0.25, 0.3) is 0 Å². The van der Waals surface area contributed by atoms with Crippen molar-refractivity contribution >= 4 is 5.91 Å². The summed E-state index contributed by atoms with van der Waals surface area (Å²) in [5, 5.41) is 3.12. The third-order valence-corrected chi connectivity index (χ3v) is 4.23. The Bertz CT molecular complexity index is 494. The maximum Gasteiger partial charge on any atom is 0.231 e. The van der Waals surface area contributed by atoms with Crippen LogP contribution in [0, 0.1) is 5.92 Å². The Morgan fingerprint density at radius 3 is 2.75 bits per heavy atom. The first-order chi connectivity index (χ1) is 9.74. The van der Waals surface area contributed by atoms with Gasteiger partial charge in [0.15, 0.2) is 11.5 Å². The lowest BCUT2D eigenvalue weighted by Gasteiger charge is -2.23. The molecule has 0 aromatic heterocycles. The van der Waals surface area contributed by atoms with Crippen molar-refractivity contribution in [3.05, 3.63) is 23.8 Å². The predicted octanol–water partition coefficient (Wildman–Crippen LogP) is 3.17. The van der Waals surface area contributed by atoms with Gasteiger partial charge in [-0.25, -0.2) is 0 Å². The van der Waals surface area contributed by atoms with Gasteiger partial charge in [0.05, 0.1) is 6.04 Å². The van der Waals surface area contributed by atoms with Crippen molar-refractivity contribution in [1.29, 1.82) is 0 Å². The molecule has 1 N–H and O–H groups in total. The molecule has 1 aliphatic carbocycles. The van der Waals surface area contributed by atoms with Crippen LogP contribution in [0.1, 0.15) is 50.6 Å². The topological polar surface area (TPSA) is 47.6 Å². The molecule has 0 bridgehead atoms. The summed E-state index contributed by atoms with van der Waals surface area (Å²) < 4.78 is 10.7. The third kappa shape index (κ3) is 2.74. The largest absolute Gasteiger partial charge is 0.454 e. The Labute approximate surface area is 119 Å². The fourth-order valence-corrected chi connectivity index (χ4v) is 2.96. The van der Waals surface area contributed by atoms with Gasteiger partial charge in [0.2, 0.25) is 12.7 Å². The number of carbonyl (C=O) groups is 1. The molecule has 4 heteroatoms. The van der Waals surface area contributed by atoms with E-state index in [4.69, 9.17) is 9.47 Å². The van der Waals surface area contributed by atoms with Gasteiger partial charge in [-0.15, -0.1) is 0 Å². The van der Waals surface area contributed by atoms with E-state index < -0.39 is 0 Å². The number of ether oxygens (including phenoxy) is 2. The van der Waals surface area contributed by atoms with Gasteiger partial charge >= 0.3 is 0 Å². The van der Waals surface area contributed by atoms with E-state index in [2.05, 4.69) is 5.32 Å². The molecule has 1 atom stereocenters. The first-order valence-electron chi connectivity index (χ1n) is 7.44. The van der Waals surface area contributed by atoms with Crippen molar-refractivity contribution in [2.24, 2.45) is 5.92 Å². The van der Waals surface area contributed by atoms with Crippen LogP contribution >= 0.6 is 0 Å². The van der Waals surface area contributed by atoms with Crippen LogP contribution in [0.3, 0.4) is 0 Å². The molecule has 0 radical (unpaired) electrons. The van der Waals surface area contributed by atoms with Crippen molar-refractivity contribution in [2.45, 2.75) is 45.1 Å². The molecule has 20 heavy (non-hydrogen) atoms. The van der Waals surface area contributed by atoms with Crippen molar-refractivity contribution in [3.8, 4) is 11.5 Å². The molecule has 0 spiro atoms. The van der Waals surface area contributed by atoms with E-state index in [0.29, 0.717) is 0 Å². The molecule has 4 nitrogen and oxygen atoms in total. The Morgan fingerprint density at radius 2 is 1.95 bits per heavy atom. The van der Waals surface area contributed by atoms with Gasteiger partial charge in [-0.3, -0.25) is 4.79 Å². The number of amides is 1. The Morgan fingerprint density at radius 1 is 1.20 bits per heavy atom. The summed E-state index contributed by atoms with van der Waals surface area (Å²) in [6.07, 6.45) is 5.67. The molecule has 1 aromatic carbocycles. The van der Waals surface area contributed by atoms with Crippen LogP contribution in [0.15, 0.2) is 18.2 Å². The van der Waals surface area contributed by atoms with E-state index in [0.717, 1.165) is 29.9 Å². The van der Waals surface area contributed by atoms with Gasteiger partial charge in [-0.1, -0.05) is 25.3 Å². The fraction of sp³-hybridized carbons (Fsp3) is 0.562. The number of benzene rings is 1. The van der Waals surface area contributed by atoms with E-state index in [9.17, 15) is 4.79 Å². The Balaban J connectivity index is 1.63. The zero-order valence-corrected chi connectivity index (χ0v) is 11.9. The summed E-state index contributed by atoms with van der Waals surface area (Å²) in [5.74, 6) is 1.93. The lowest BCUT2D eigenvalue weighted by atomic mass is 9.88. The molecule has 1 fully saturated rings. The molecule has 1 unspecified atom stereocenters. The molecule has 2 aliphatic rings. The summed E-state index contributed by atoms with van der Waals surface area (Å²) >= 11 is 0. The second-order valence-corrected chi connectivity index (χ2v) is 5.68. The van der Waals surface area contributed by atoms with E-state index in [1.807, 2.05) is 25.1 Å². The normalized spacial score (nSPS) is 19.6. The number of hydrogen-bond acceptors (Lipinski definition) is 3. The van der Waals surface area contributed by atoms with E-state index >= 15 is 0 Å². The van der Waals surface area contributed by atoms with Crippen molar-refractivity contribution in [2.75, 3.05) is 6.79 Å². The zero-order chi connectivity index (χ0) is 13.9. The van der Waals surface area contributed by atoms with E-state index in [-0.39, 0.29) is 24.7 Å². The van der Waals surface area contributed by atoms with E-state index in [1.54, 1.807) is 0 Å². The van der Waals surface area contributed by atoms with Crippen molar-refractivity contribution in [1.82, 2.24) is 5.32 Å². The predicted molar refractivity (Wildman–Crippen MR) is 75.7 cm³/mol. The highest BCUT2D eigenvalue weighted by molar-refractivity contribution is 5.79. The molecular weight excluding hydrogens is 254 g/mol. The van der Waals surface area contributed by atoms with Gasteiger partial charge in [-0.2, -0.15) is 0 Å². The van der Waals surface area contributed by atoms with Gasteiger partial charge < -0.3 is 14.8 Å². The standard InChI is InChI=1S/C16H21NO3/c1-11(17-16(18)12-5-3-2-4-6-12)13-7-8-14-15(9-13)20-10-19-14/h7-9,11-12H,2-6,10H2,1H3,(H,17,18). The number of rotatable bonds is 3. The minimum atomic E-state index is -0.000994. The molecule has 1 aliphatic heterocycles. The molecule has 1 aromatic rings. The molecule has 1 heterocycles. The van der Waals surface area contributed by atoms with Crippen LogP contribution in [0.5, 0.6) is 11.5 Å². The second-order valence-electron chi connectivity index (χ2n) is 5.68. The summed E-state index contributed by atoms with van der Waals surface area (Å²) in [7, 11) is 0. The lowest BCUT2D eigenvalue weighted by Crippen LogP contribution is -2.33. The summed E-state index contributed by atoms with van der Waals surface area (Å²) in [6, 6.07) is 5.84. The average molecular weight is 275 g/mol. The van der Waals surface area contributed by atoms with Crippen LogP contribution in [0.4, 0.5) is 0 Å². The molecule has 108 valence electrons. The first kappa shape index (κ1) is 13.3. The molecule has 1 saturated carbocycles. The van der Waals surface area contributed by atoms with Gasteiger partial charge in [0.1, 0.15) is 0 Å². The zero-order valence-electron chi connectivity index (χ0n) is 11.9. The maximum absolute atomic E-state index is 12.2. The number of fused-ring (bicyclic) bond motifs is 1. The number of carbonyl (C=O) groups excluding carboxylic acids is 1. The van der Waals surface area contributed by atoms with Gasteiger partial charge in [0, 0.05) is 5.92 Å². The van der Waals surface area contributed by atoms with Crippen LogP contribution in [-0.2, 0) is 4.79 Å². The van der Waals surface area contributed by atoms with Crippen LogP contribution < -0.4 is 14.8 Å². The average Bonchev–Trinajstić information content (AvgIpc) is 2.95. The monoisotopic (exact) mass is 275 g/mol. The van der Waals surface area contributed by atoms with Crippen molar-refractivity contribution in [3.63, 3.8) is 0 Å². The van der Waals surface area contributed by atoms with Crippen LogP contribution in [0.2, 0.25) is 0 Å².